The molecule has 0 unspecified atom stereocenters. The number of nitriles is 1. The van der Waals surface area contributed by atoms with E-state index in [9.17, 15) is 4.79 Å². The molecule has 0 bridgehead atoms. The molecule has 0 aromatic rings. The minimum atomic E-state index is -0.464. The molecule has 0 aliphatic carbocycles. The predicted octanol–water partition coefficient (Wildman–Crippen LogP) is 0.870. The molecule has 0 fully saturated rings. The molecular weight excluding hydrogens is 158 g/mol. The van der Waals surface area contributed by atoms with Crippen LogP contribution >= 0.6 is 0 Å². The zero-order valence-corrected chi connectivity index (χ0v) is 7.21. The summed E-state index contributed by atoms with van der Waals surface area (Å²) >= 11 is 0. The summed E-state index contributed by atoms with van der Waals surface area (Å²) in [5.74, 6) is -0.464. The summed E-state index contributed by atoms with van der Waals surface area (Å²) in [4.78, 5) is 10.6. The van der Waals surface area contributed by atoms with Gasteiger partial charge < -0.3 is 9.47 Å². The summed E-state index contributed by atoms with van der Waals surface area (Å²) in [7, 11) is 0. The summed E-state index contributed by atoms with van der Waals surface area (Å²) < 4.78 is 9.71. The van der Waals surface area contributed by atoms with Crippen molar-refractivity contribution in [3.8, 4) is 6.07 Å². The Hall–Kier alpha value is -1.08. The van der Waals surface area contributed by atoms with Gasteiger partial charge in [0.15, 0.2) is 0 Å². The quantitative estimate of drug-likeness (QED) is 0.439. The lowest BCUT2D eigenvalue weighted by atomic mass is 10.4. The Morgan fingerprint density at radius 1 is 1.50 bits per heavy atom. The third-order valence-electron chi connectivity index (χ3n) is 1.12. The van der Waals surface area contributed by atoms with Crippen LogP contribution in [0, 0.1) is 11.3 Å². The minimum absolute atomic E-state index is 0.172. The Bertz CT molecular complexity index is 162. The van der Waals surface area contributed by atoms with E-state index in [0.717, 1.165) is 0 Å². The number of ether oxygens (including phenoxy) is 2. The van der Waals surface area contributed by atoms with Crippen LogP contribution in [0.4, 0.5) is 0 Å². The first-order valence-corrected chi connectivity index (χ1v) is 3.91. The van der Waals surface area contributed by atoms with Crippen molar-refractivity contribution in [1.82, 2.24) is 0 Å². The number of esters is 1. The smallest absolute Gasteiger partial charge is 0.320 e. The molecule has 0 amide bonds. The van der Waals surface area contributed by atoms with E-state index < -0.39 is 5.97 Å². The van der Waals surface area contributed by atoms with Gasteiger partial charge in [0.25, 0.3) is 0 Å². The highest BCUT2D eigenvalue weighted by Crippen LogP contribution is 1.88. The van der Waals surface area contributed by atoms with Crippen molar-refractivity contribution in [3.63, 3.8) is 0 Å². The number of carbonyl (C=O) groups is 1. The molecule has 68 valence electrons. The Labute approximate surface area is 72.1 Å². The summed E-state index contributed by atoms with van der Waals surface area (Å²) in [5.41, 5.74) is 0. The fourth-order valence-corrected chi connectivity index (χ4v) is 0.607. The monoisotopic (exact) mass is 171 g/mol. The fraction of sp³-hybridized carbons (Fsp3) is 0.750. The van der Waals surface area contributed by atoms with E-state index in [0.29, 0.717) is 26.2 Å². The lowest BCUT2D eigenvalue weighted by molar-refractivity contribution is -0.142. The number of nitrogens with zero attached hydrogens (tertiary/aromatic N) is 1. The molecule has 0 spiro atoms. The lowest BCUT2D eigenvalue weighted by Crippen LogP contribution is -2.06. The van der Waals surface area contributed by atoms with Crippen molar-refractivity contribution in [1.29, 1.82) is 5.26 Å². The van der Waals surface area contributed by atoms with Gasteiger partial charge in [-0.15, -0.1) is 0 Å². The van der Waals surface area contributed by atoms with E-state index in [2.05, 4.69) is 4.74 Å². The van der Waals surface area contributed by atoms with Gasteiger partial charge in [0.2, 0.25) is 0 Å². The summed E-state index contributed by atoms with van der Waals surface area (Å²) in [6.07, 6.45) is 0.514. The first kappa shape index (κ1) is 10.9. The second-order valence-corrected chi connectivity index (χ2v) is 2.11. The van der Waals surface area contributed by atoms with Gasteiger partial charge in [0, 0.05) is 19.6 Å². The summed E-state index contributed by atoms with van der Waals surface area (Å²) in [6, 6.07) is 1.71. The molecular formula is C8H13NO3. The normalized spacial score (nSPS) is 9.00. The van der Waals surface area contributed by atoms with Crippen LogP contribution in [-0.2, 0) is 14.3 Å². The van der Waals surface area contributed by atoms with Gasteiger partial charge in [-0.1, -0.05) is 0 Å². The van der Waals surface area contributed by atoms with E-state index in [1.807, 2.05) is 6.92 Å². The van der Waals surface area contributed by atoms with Gasteiger partial charge in [-0.05, 0) is 6.92 Å². The van der Waals surface area contributed by atoms with Gasteiger partial charge >= 0.3 is 5.97 Å². The maximum absolute atomic E-state index is 10.6. The highest BCUT2D eigenvalue weighted by atomic mass is 16.5. The molecule has 0 aliphatic rings. The van der Waals surface area contributed by atoms with Gasteiger partial charge in [-0.2, -0.15) is 5.26 Å². The molecule has 0 rings (SSSR count). The molecule has 0 aromatic heterocycles. The topological polar surface area (TPSA) is 59.3 Å². The molecule has 0 saturated heterocycles. The third kappa shape index (κ3) is 7.03. The van der Waals surface area contributed by atoms with E-state index >= 15 is 0 Å². The van der Waals surface area contributed by atoms with Crippen molar-refractivity contribution in [2.45, 2.75) is 19.8 Å². The van der Waals surface area contributed by atoms with Crippen molar-refractivity contribution >= 4 is 5.97 Å². The average molecular weight is 171 g/mol. The largest absolute Gasteiger partial charge is 0.465 e. The molecule has 0 aromatic carbocycles. The Kier molecular flexibility index (Phi) is 7.30. The summed E-state index contributed by atoms with van der Waals surface area (Å²) in [6.45, 7) is 3.50. The number of hydrogen-bond donors (Lipinski definition) is 0. The maximum Gasteiger partial charge on any atom is 0.320 e. The Morgan fingerprint density at radius 2 is 2.25 bits per heavy atom. The van der Waals surface area contributed by atoms with Crippen LogP contribution in [0.5, 0.6) is 0 Å². The first-order valence-electron chi connectivity index (χ1n) is 3.91. The van der Waals surface area contributed by atoms with Gasteiger partial charge in [0.05, 0.1) is 12.7 Å². The standard InChI is InChI=1S/C8H13NO3/c1-2-11-6-3-7-12-8(10)4-5-9/h2-4,6-7H2,1H3. The zero-order chi connectivity index (χ0) is 9.23. The van der Waals surface area contributed by atoms with Crippen LogP contribution in [0.2, 0.25) is 0 Å². The highest BCUT2D eigenvalue weighted by Gasteiger charge is 1.99. The SMILES string of the molecule is CCOCCCOC(=O)CC#N. The maximum atomic E-state index is 10.6. The Morgan fingerprint density at radius 3 is 2.83 bits per heavy atom. The zero-order valence-electron chi connectivity index (χ0n) is 7.21. The highest BCUT2D eigenvalue weighted by molar-refractivity contribution is 5.71. The van der Waals surface area contributed by atoms with Gasteiger partial charge in [-0.3, -0.25) is 4.79 Å². The van der Waals surface area contributed by atoms with Crippen LogP contribution < -0.4 is 0 Å². The number of hydrogen-bond acceptors (Lipinski definition) is 4. The molecule has 4 nitrogen and oxygen atoms in total. The van der Waals surface area contributed by atoms with Crippen LogP contribution in [-0.4, -0.2) is 25.8 Å². The van der Waals surface area contributed by atoms with Crippen molar-refractivity contribution < 1.29 is 14.3 Å². The number of carbonyl (C=O) groups excluding carboxylic acids is 1. The van der Waals surface area contributed by atoms with Crippen molar-refractivity contribution in [2.24, 2.45) is 0 Å². The van der Waals surface area contributed by atoms with Crippen molar-refractivity contribution in [2.75, 3.05) is 19.8 Å². The predicted molar refractivity (Wildman–Crippen MR) is 42.3 cm³/mol. The molecule has 0 saturated carbocycles. The second-order valence-electron chi connectivity index (χ2n) is 2.11. The van der Waals surface area contributed by atoms with Crippen LogP contribution in [0.1, 0.15) is 19.8 Å². The van der Waals surface area contributed by atoms with Crippen molar-refractivity contribution in [3.05, 3.63) is 0 Å². The minimum Gasteiger partial charge on any atom is -0.465 e. The third-order valence-corrected chi connectivity index (χ3v) is 1.12. The van der Waals surface area contributed by atoms with Crippen LogP contribution in [0.25, 0.3) is 0 Å². The van der Waals surface area contributed by atoms with Crippen LogP contribution in [0.15, 0.2) is 0 Å². The average Bonchev–Trinajstić information content (AvgIpc) is 2.05. The lowest BCUT2D eigenvalue weighted by Gasteiger charge is -2.01. The molecule has 12 heavy (non-hydrogen) atoms. The van der Waals surface area contributed by atoms with E-state index in [4.69, 9.17) is 10.00 Å². The van der Waals surface area contributed by atoms with Gasteiger partial charge in [0.1, 0.15) is 6.42 Å². The fourth-order valence-electron chi connectivity index (χ4n) is 0.607. The second kappa shape index (κ2) is 8.02. The molecule has 0 atom stereocenters. The van der Waals surface area contributed by atoms with E-state index in [1.165, 1.54) is 0 Å². The molecule has 0 aliphatic heterocycles. The Balaban J connectivity index is 3.10. The number of rotatable bonds is 6. The van der Waals surface area contributed by atoms with Gasteiger partial charge in [-0.25, -0.2) is 0 Å². The first-order chi connectivity index (χ1) is 5.81. The summed E-state index contributed by atoms with van der Waals surface area (Å²) in [5, 5.41) is 8.10. The molecule has 0 radical (unpaired) electrons. The molecule has 0 N–H and O–H groups in total. The molecule has 0 heterocycles. The molecule has 4 heteroatoms. The van der Waals surface area contributed by atoms with E-state index in [1.54, 1.807) is 6.07 Å². The van der Waals surface area contributed by atoms with Crippen LogP contribution in [0.3, 0.4) is 0 Å². The van der Waals surface area contributed by atoms with E-state index in [-0.39, 0.29) is 6.42 Å².